The minimum atomic E-state index is 1.05. The summed E-state index contributed by atoms with van der Waals surface area (Å²) in [6, 6.07) is 37.5. The number of hydrogen-bond donors (Lipinski definition) is 0. The minimum absolute atomic E-state index is 1.05. The lowest BCUT2D eigenvalue weighted by Crippen LogP contribution is -2.07. The van der Waals surface area contributed by atoms with E-state index in [0.717, 1.165) is 24.9 Å². The van der Waals surface area contributed by atoms with Crippen molar-refractivity contribution in [2.24, 2.45) is 0 Å². The van der Waals surface area contributed by atoms with Crippen LogP contribution in [0.1, 0.15) is 17.7 Å². The average molecular weight is 476 g/mol. The van der Waals surface area contributed by atoms with Gasteiger partial charge in [-0.2, -0.15) is 5.10 Å². The summed E-state index contributed by atoms with van der Waals surface area (Å²) in [5.41, 5.74) is 6.20. The Kier molecular flexibility index (Phi) is 4.41. The molecule has 0 amide bonds. The lowest BCUT2D eigenvalue weighted by atomic mass is 9.89. The smallest absolute Gasteiger partial charge is 0.143 e. The minimum Gasteiger partial charge on any atom is -0.305 e. The van der Waals surface area contributed by atoms with Crippen molar-refractivity contribution in [1.29, 1.82) is 0 Å². The molecule has 3 heteroatoms. The van der Waals surface area contributed by atoms with Gasteiger partial charge in [0.05, 0.1) is 11.9 Å². The Morgan fingerprint density at radius 3 is 2.14 bits per heavy atom. The Labute approximate surface area is 215 Å². The maximum absolute atomic E-state index is 4.87. The molecule has 3 heterocycles. The van der Waals surface area contributed by atoms with Crippen LogP contribution >= 0.6 is 0 Å². The van der Waals surface area contributed by atoms with Gasteiger partial charge in [0.1, 0.15) is 5.82 Å². The van der Waals surface area contributed by atoms with Crippen LogP contribution in [0, 0.1) is 0 Å². The number of fused-ring (bicyclic) bond motifs is 9. The standard InChI is InChI=1S/C34H25N3/c1-2-15-30-28(14-1)29-16-3-4-17-31(29)33-27(18-7-19-32(30)33)23-9-5-12-26(21-23)37-34-24(22-35-37)10-6-11-25-13-8-20-36(25)34/h1-5,7-9,12-22H,6,10-11H2. The van der Waals surface area contributed by atoms with Gasteiger partial charge in [-0.25, -0.2) is 4.68 Å². The summed E-state index contributed by atoms with van der Waals surface area (Å²) in [6.45, 7) is 0. The van der Waals surface area contributed by atoms with E-state index < -0.39 is 0 Å². The average Bonchev–Trinajstić information content (AvgIpc) is 3.56. The monoisotopic (exact) mass is 475 g/mol. The van der Waals surface area contributed by atoms with Gasteiger partial charge < -0.3 is 4.57 Å². The summed E-state index contributed by atoms with van der Waals surface area (Å²) < 4.78 is 4.44. The molecule has 3 nitrogen and oxygen atoms in total. The molecule has 0 unspecified atom stereocenters. The van der Waals surface area contributed by atoms with Crippen molar-refractivity contribution < 1.29 is 0 Å². The highest BCUT2D eigenvalue weighted by Crippen LogP contribution is 2.40. The number of hydrogen-bond acceptors (Lipinski definition) is 1. The molecule has 1 aliphatic heterocycles. The molecule has 0 aliphatic carbocycles. The van der Waals surface area contributed by atoms with Crippen LogP contribution < -0.4 is 0 Å². The van der Waals surface area contributed by atoms with Gasteiger partial charge in [0.15, 0.2) is 0 Å². The van der Waals surface area contributed by atoms with Crippen LogP contribution in [-0.4, -0.2) is 14.3 Å². The molecule has 0 N–H and O–H groups in total. The zero-order valence-electron chi connectivity index (χ0n) is 20.4. The van der Waals surface area contributed by atoms with Crippen molar-refractivity contribution in [2.75, 3.05) is 0 Å². The summed E-state index contributed by atoms with van der Waals surface area (Å²) in [7, 11) is 0. The molecule has 0 bridgehead atoms. The molecular formula is C34H25N3. The van der Waals surface area contributed by atoms with E-state index in [4.69, 9.17) is 5.10 Å². The van der Waals surface area contributed by atoms with Gasteiger partial charge >= 0.3 is 0 Å². The van der Waals surface area contributed by atoms with Crippen LogP contribution in [0.5, 0.6) is 0 Å². The third-order valence-corrected chi connectivity index (χ3v) is 7.93. The Bertz CT molecular complexity index is 1930. The number of benzene rings is 5. The molecule has 7 aromatic rings. The highest BCUT2D eigenvalue weighted by atomic mass is 15.3. The zero-order valence-corrected chi connectivity index (χ0v) is 20.4. The predicted molar refractivity (Wildman–Crippen MR) is 153 cm³/mol. The molecule has 0 atom stereocenters. The second-order valence-corrected chi connectivity index (χ2v) is 10.00. The zero-order chi connectivity index (χ0) is 24.3. The largest absolute Gasteiger partial charge is 0.305 e. The molecular weight excluding hydrogens is 450 g/mol. The number of aryl methyl sites for hydroxylation is 2. The van der Waals surface area contributed by atoms with E-state index in [1.165, 1.54) is 60.5 Å². The van der Waals surface area contributed by atoms with Gasteiger partial charge in [0, 0.05) is 17.5 Å². The second kappa shape index (κ2) is 7.94. The van der Waals surface area contributed by atoms with E-state index in [1.54, 1.807) is 0 Å². The molecule has 0 fully saturated rings. The molecule has 2 aromatic heterocycles. The quantitative estimate of drug-likeness (QED) is 0.231. The highest BCUT2D eigenvalue weighted by Gasteiger charge is 2.20. The first-order chi connectivity index (χ1) is 18.4. The van der Waals surface area contributed by atoms with Crippen molar-refractivity contribution in [3.63, 3.8) is 0 Å². The van der Waals surface area contributed by atoms with Crippen molar-refractivity contribution >= 4 is 32.3 Å². The molecule has 37 heavy (non-hydrogen) atoms. The fraction of sp³-hybridized carbons (Fsp3) is 0.0882. The molecule has 0 spiro atoms. The van der Waals surface area contributed by atoms with E-state index in [2.05, 4.69) is 125 Å². The SMILES string of the molecule is c1cc(-c2cccc3c4ccccc4c4ccccc4c23)cc(-n2ncc3c2-n2cccc2CCC3)c1. The topological polar surface area (TPSA) is 22.8 Å². The summed E-state index contributed by atoms with van der Waals surface area (Å²) in [5, 5.41) is 12.7. The van der Waals surface area contributed by atoms with E-state index in [0.29, 0.717) is 0 Å². The fourth-order valence-electron chi connectivity index (χ4n) is 6.29. The van der Waals surface area contributed by atoms with Crippen molar-refractivity contribution in [3.05, 3.63) is 127 Å². The summed E-state index contributed by atoms with van der Waals surface area (Å²) in [6.07, 6.45) is 7.52. The van der Waals surface area contributed by atoms with Crippen LogP contribution in [-0.2, 0) is 12.8 Å². The first-order valence-electron chi connectivity index (χ1n) is 13.0. The molecule has 5 aromatic carbocycles. The van der Waals surface area contributed by atoms with E-state index in [-0.39, 0.29) is 0 Å². The van der Waals surface area contributed by atoms with Gasteiger partial charge in [-0.15, -0.1) is 0 Å². The van der Waals surface area contributed by atoms with E-state index in [1.807, 2.05) is 0 Å². The molecule has 176 valence electrons. The van der Waals surface area contributed by atoms with Crippen molar-refractivity contribution in [1.82, 2.24) is 14.3 Å². The van der Waals surface area contributed by atoms with E-state index in [9.17, 15) is 0 Å². The van der Waals surface area contributed by atoms with Crippen LogP contribution in [0.2, 0.25) is 0 Å². The normalized spacial score (nSPS) is 13.1. The van der Waals surface area contributed by atoms with Gasteiger partial charge in [-0.05, 0) is 87.0 Å². The van der Waals surface area contributed by atoms with Crippen LogP contribution in [0.15, 0.2) is 116 Å². The molecule has 0 saturated heterocycles. The van der Waals surface area contributed by atoms with E-state index >= 15 is 0 Å². The fourth-order valence-corrected chi connectivity index (χ4v) is 6.29. The van der Waals surface area contributed by atoms with Crippen LogP contribution in [0.4, 0.5) is 0 Å². The highest BCUT2D eigenvalue weighted by molar-refractivity contribution is 6.28. The Morgan fingerprint density at radius 2 is 1.32 bits per heavy atom. The predicted octanol–water partition coefficient (Wildman–Crippen LogP) is 8.28. The van der Waals surface area contributed by atoms with Crippen LogP contribution in [0.3, 0.4) is 0 Å². The Morgan fingerprint density at radius 1 is 0.622 bits per heavy atom. The van der Waals surface area contributed by atoms with Crippen LogP contribution in [0.25, 0.3) is 54.9 Å². The summed E-state index contributed by atoms with van der Waals surface area (Å²) >= 11 is 0. The lowest BCUT2D eigenvalue weighted by Gasteiger charge is -2.16. The molecule has 1 aliphatic rings. The number of rotatable bonds is 2. The first-order valence-corrected chi connectivity index (χ1v) is 13.0. The number of aromatic nitrogens is 3. The molecule has 8 rings (SSSR count). The van der Waals surface area contributed by atoms with Crippen molar-refractivity contribution in [2.45, 2.75) is 19.3 Å². The summed E-state index contributed by atoms with van der Waals surface area (Å²) in [4.78, 5) is 0. The molecule has 0 saturated carbocycles. The number of nitrogens with zero attached hydrogens (tertiary/aromatic N) is 3. The second-order valence-electron chi connectivity index (χ2n) is 10.00. The third kappa shape index (κ3) is 3.04. The maximum Gasteiger partial charge on any atom is 0.143 e. The van der Waals surface area contributed by atoms with Gasteiger partial charge in [-0.1, -0.05) is 78.9 Å². The van der Waals surface area contributed by atoms with Gasteiger partial charge in [0.2, 0.25) is 0 Å². The first kappa shape index (κ1) is 20.6. The van der Waals surface area contributed by atoms with Gasteiger partial charge in [-0.3, -0.25) is 0 Å². The Hall–Kier alpha value is -4.63. The lowest BCUT2D eigenvalue weighted by molar-refractivity contribution is 0.783. The Balaban J connectivity index is 1.39. The third-order valence-electron chi connectivity index (χ3n) is 7.93. The van der Waals surface area contributed by atoms with Gasteiger partial charge in [0.25, 0.3) is 0 Å². The molecule has 0 radical (unpaired) electrons. The summed E-state index contributed by atoms with van der Waals surface area (Å²) in [5.74, 6) is 1.17. The maximum atomic E-state index is 4.87. The van der Waals surface area contributed by atoms with Crippen molar-refractivity contribution in [3.8, 4) is 22.6 Å².